The van der Waals surface area contributed by atoms with Crippen molar-refractivity contribution in [3.63, 3.8) is 0 Å². The fraction of sp³-hybridized carbons (Fsp3) is 0. The Hall–Kier alpha value is -0.420. The molecule has 0 N–H and O–H groups in total. The van der Waals surface area contributed by atoms with Crippen molar-refractivity contribution in [2.45, 2.75) is 0 Å². The highest BCUT2D eigenvalue weighted by Crippen LogP contribution is 1.93. The van der Waals surface area contributed by atoms with Crippen molar-refractivity contribution in [2.24, 2.45) is 0 Å². The van der Waals surface area contributed by atoms with E-state index in [9.17, 15) is 18.0 Å². The quantitative estimate of drug-likeness (QED) is 0.286. The van der Waals surface area contributed by atoms with Gasteiger partial charge in [-0.15, -0.1) is 0 Å². The van der Waals surface area contributed by atoms with Gasteiger partial charge in [0.1, 0.15) is 0 Å². The lowest BCUT2D eigenvalue weighted by Gasteiger charge is -1.77. The van der Waals surface area contributed by atoms with Crippen LogP contribution in [0.2, 0.25) is 0 Å². The second kappa shape index (κ2) is 2.23. The van der Waals surface area contributed by atoms with Crippen molar-refractivity contribution in [3.05, 3.63) is 0 Å². The Morgan fingerprint density at radius 1 is 1.50 bits per heavy atom. The first-order chi connectivity index (χ1) is 3.48. The summed E-state index contributed by atoms with van der Waals surface area (Å²) in [5.41, 5.74) is 0. The Morgan fingerprint density at radius 3 is 1.88 bits per heavy atom. The SMILES string of the molecule is O=CC(=O)S(=O)(=O)Cl. The molecule has 6 heteroatoms. The van der Waals surface area contributed by atoms with Crippen molar-refractivity contribution in [1.29, 1.82) is 0 Å². The summed E-state index contributed by atoms with van der Waals surface area (Å²) >= 11 is 0. The maximum atomic E-state index is 9.75. The van der Waals surface area contributed by atoms with Crippen LogP contribution in [-0.4, -0.2) is 19.8 Å². The van der Waals surface area contributed by atoms with Crippen LogP contribution in [0.25, 0.3) is 0 Å². The Bertz CT molecular complexity index is 202. The molecule has 0 aromatic carbocycles. The van der Waals surface area contributed by atoms with E-state index >= 15 is 0 Å². The molecule has 0 fully saturated rings. The molecule has 0 aliphatic carbocycles. The molecule has 0 heterocycles. The molecule has 0 saturated carbocycles. The Labute approximate surface area is 49.9 Å². The number of halogens is 1. The van der Waals surface area contributed by atoms with Crippen LogP contribution in [-0.2, 0) is 18.6 Å². The maximum Gasteiger partial charge on any atom is 0.324 e. The molecule has 0 unspecified atom stereocenters. The molecule has 0 amide bonds. The average molecular weight is 157 g/mol. The molecule has 0 spiro atoms. The molecule has 0 bridgehead atoms. The van der Waals surface area contributed by atoms with Crippen LogP contribution in [0.5, 0.6) is 0 Å². The molecule has 0 rings (SSSR count). The standard InChI is InChI=1S/C2HClO4S/c3-8(6,7)2(5)1-4/h1H. The van der Waals surface area contributed by atoms with Crippen LogP contribution in [0.15, 0.2) is 0 Å². The summed E-state index contributed by atoms with van der Waals surface area (Å²) in [6, 6.07) is 0. The Kier molecular flexibility index (Phi) is 2.12. The Balaban J connectivity index is 4.53. The summed E-state index contributed by atoms with van der Waals surface area (Å²) in [7, 11) is 0.0876. The third-order valence-electron chi connectivity index (χ3n) is 0.337. The van der Waals surface area contributed by atoms with Gasteiger partial charge in [-0.25, -0.2) is 8.42 Å². The minimum Gasteiger partial charge on any atom is -0.293 e. The van der Waals surface area contributed by atoms with E-state index in [1.807, 2.05) is 0 Å². The lowest BCUT2D eigenvalue weighted by molar-refractivity contribution is -0.124. The van der Waals surface area contributed by atoms with E-state index < -0.39 is 14.2 Å². The van der Waals surface area contributed by atoms with Crippen LogP contribution in [0.1, 0.15) is 0 Å². The van der Waals surface area contributed by atoms with E-state index in [2.05, 4.69) is 10.7 Å². The summed E-state index contributed by atoms with van der Waals surface area (Å²) in [6.07, 6.45) is -0.359. The maximum absolute atomic E-state index is 9.75. The average Bonchev–Trinajstić information content (AvgIpc) is 1.62. The van der Waals surface area contributed by atoms with Gasteiger partial charge in [-0.2, -0.15) is 0 Å². The summed E-state index contributed by atoms with van der Waals surface area (Å²) in [6.45, 7) is 0. The predicted octanol–water partition coefficient (Wildman–Crippen LogP) is -0.720. The predicted molar refractivity (Wildman–Crippen MR) is 25.8 cm³/mol. The topological polar surface area (TPSA) is 68.3 Å². The highest BCUT2D eigenvalue weighted by Gasteiger charge is 2.15. The molecule has 0 atom stereocenters. The molecule has 0 aliphatic heterocycles. The van der Waals surface area contributed by atoms with E-state index in [0.717, 1.165) is 0 Å². The highest BCUT2D eigenvalue weighted by molar-refractivity contribution is 8.26. The van der Waals surface area contributed by atoms with Gasteiger partial charge >= 0.3 is 14.2 Å². The zero-order valence-electron chi connectivity index (χ0n) is 3.50. The fourth-order valence-corrected chi connectivity index (χ4v) is 0.282. The monoisotopic (exact) mass is 156 g/mol. The second-order valence-corrected chi connectivity index (χ2v) is 3.37. The van der Waals surface area contributed by atoms with Gasteiger partial charge in [0.2, 0.25) is 6.29 Å². The first-order valence-electron chi connectivity index (χ1n) is 1.42. The number of carbonyl (C=O) groups excluding carboxylic acids is 2. The summed E-state index contributed by atoms with van der Waals surface area (Å²) in [5.74, 6) is 0. The molecule has 0 radical (unpaired) electrons. The molecular weight excluding hydrogens is 156 g/mol. The van der Waals surface area contributed by atoms with Crippen molar-refractivity contribution in [3.8, 4) is 0 Å². The van der Waals surface area contributed by atoms with Crippen molar-refractivity contribution in [2.75, 3.05) is 0 Å². The van der Waals surface area contributed by atoms with Gasteiger partial charge in [0.25, 0.3) is 0 Å². The van der Waals surface area contributed by atoms with E-state index in [-0.39, 0.29) is 6.29 Å². The van der Waals surface area contributed by atoms with Crippen LogP contribution >= 0.6 is 10.7 Å². The van der Waals surface area contributed by atoms with Crippen LogP contribution < -0.4 is 0 Å². The van der Waals surface area contributed by atoms with Gasteiger partial charge in [0.15, 0.2) is 0 Å². The number of hydrogen-bond acceptors (Lipinski definition) is 4. The molecule has 46 valence electrons. The third kappa shape index (κ3) is 2.04. The fourth-order valence-electron chi connectivity index (χ4n) is 0.0575. The molecule has 8 heavy (non-hydrogen) atoms. The first-order valence-corrected chi connectivity index (χ1v) is 3.73. The number of rotatable bonds is 1. The molecular formula is C2HClO4S. The normalized spacial score (nSPS) is 10.6. The molecule has 0 saturated heterocycles. The minimum absolute atomic E-state index is 0.359. The number of aldehydes is 1. The smallest absolute Gasteiger partial charge is 0.293 e. The zero-order chi connectivity index (χ0) is 6.78. The molecule has 4 nitrogen and oxygen atoms in total. The minimum atomic E-state index is -4.29. The summed E-state index contributed by atoms with van der Waals surface area (Å²) in [5, 5.41) is -1.61. The van der Waals surface area contributed by atoms with Gasteiger partial charge in [0, 0.05) is 10.7 Å². The summed E-state index contributed by atoms with van der Waals surface area (Å²) in [4.78, 5) is 19.1. The summed E-state index contributed by atoms with van der Waals surface area (Å²) < 4.78 is 19.5. The van der Waals surface area contributed by atoms with Gasteiger partial charge in [-0.05, 0) is 0 Å². The largest absolute Gasteiger partial charge is 0.324 e. The van der Waals surface area contributed by atoms with E-state index in [4.69, 9.17) is 0 Å². The van der Waals surface area contributed by atoms with Crippen molar-refractivity contribution < 1.29 is 18.0 Å². The molecule has 0 aliphatic rings. The van der Waals surface area contributed by atoms with Crippen LogP contribution in [0.3, 0.4) is 0 Å². The first kappa shape index (κ1) is 7.58. The number of hydrogen-bond donors (Lipinski definition) is 0. The van der Waals surface area contributed by atoms with E-state index in [1.54, 1.807) is 0 Å². The van der Waals surface area contributed by atoms with Crippen LogP contribution in [0.4, 0.5) is 0 Å². The highest BCUT2D eigenvalue weighted by atomic mass is 35.7. The molecule has 0 aromatic heterocycles. The lowest BCUT2D eigenvalue weighted by atomic mass is 10.9. The van der Waals surface area contributed by atoms with Gasteiger partial charge in [-0.1, -0.05) is 0 Å². The zero-order valence-corrected chi connectivity index (χ0v) is 5.07. The molecule has 0 aromatic rings. The van der Waals surface area contributed by atoms with Crippen molar-refractivity contribution in [1.82, 2.24) is 0 Å². The van der Waals surface area contributed by atoms with Crippen molar-refractivity contribution >= 4 is 31.1 Å². The van der Waals surface area contributed by atoms with Crippen LogP contribution in [0, 0.1) is 0 Å². The van der Waals surface area contributed by atoms with Gasteiger partial charge in [-0.3, -0.25) is 9.59 Å². The second-order valence-electron chi connectivity index (χ2n) is 0.875. The lowest BCUT2D eigenvalue weighted by Crippen LogP contribution is -2.07. The Morgan fingerprint density at radius 2 is 1.88 bits per heavy atom. The van der Waals surface area contributed by atoms with Gasteiger partial charge in [0.05, 0.1) is 0 Å². The van der Waals surface area contributed by atoms with E-state index in [0.29, 0.717) is 0 Å². The van der Waals surface area contributed by atoms with Gasteiger partial charge < -0.3 is 0 Å². The number of carbonyl (C=O) groups is 2. The van der Waals surface area contributed by atoms with E-state index in [1.165, 1.54) is 0 Å². The third-order valence-corrected chi connectivity index (χ3v) is 1.37.